The third-order valence-corrected chi connectivity index (χ3v) is 3.08. The third kappa shape index (κ3) is 4.53. The maximum absolute atomic E-state index is 12.6. The van der Waals surface area contributed by atoms with Gasteiger partial charge in [0.2, 0.25) is 0 Å². The minimum Gasteiger partial charge on any atom is -0.478 e. The predicted molar refractivity (Wildman–Crippen MR) is 82.7 cm³/mol. The van der Waals surface area contributed by atoms with Crippen molar-refractivity contribution in [3.8, 4) is 0 Å². The van der Waals surface area contributed by atoms with E-state index in [1.54, 1.807) is 0 Å². The molecule has 2 rings (SSSR count). The first-order valence-electron chi connectivity index (χ1n) is 6.66. The van der Waals surface area contributed by atoms with Crippen LogP contribution in [0.2, 0.25) is 0 Å². The maximum atomic E-state index is 12.6. The van der Waals surface area contributed by atoms with Gasteiger partial charge in [-0.1, -0.05) is 12.1 Å². The molecule has 0 aliphatic rings. The van der Waals surface area contributed by atoms with E-state index in [1.807, 2.05) is 0 Å². The molecule has 0 aliphatic carbocycles. The zero-order valence-electron chi connectivity index (χ0n) is 12.3. The molecule has 0 amide bonds. The van der Waals surface area contributed by atoms with Gasteiger partial charge in [-0.15, -0.1) is 0 Å². The van der Waals surface area contributed by atoms with Crippen molar-refractivity contribution in [2.45, 2.75) is 6.18 Å². The molecule has 0 aliphatic heterocycles. The standard InChI is InChI=1S/C15H10F3N3O4/c16-15(17,18)11-5-6-12(13(7-11)21(24)25)20-19-8-9-1-3-10(4-2-9)14(22)23/h1-8,20H,(H,22,23). The summed E-state index contributed by atoms with van der Waals surface area (Å²) >= 11 is 0. The summed E-state index contributed by atoms with van der Waals surface area (Å²) in [5.41, 5.74) is 0.746. The zero-order chi connectivity index (χ0) is 18.6. The largest absolute Gasteiger partial charge is 0.478 e. The molecule has 0 unspecified atom stereocenters. The summed E-state index contributed by atoms with van der Waals surface area (Å²) in [6.45, 7) is 0. The fourth-order valence-electron chi connectivity index (χ4n) is 1.84. The smallest absolute Gasteiger partial charge is 0.416 e. The molecule has 0 radical (unpaired) electrons. The van der Waals surface area contributed by atoms with Crippen LogP contribution in [0.5, 0.6) is 0 Å². The highest BCUT2D eigenvalue weighted by Crippen LogP contribution is 2.34. The summed E-state index contributed by atoms with van der Waals surface area (Å²) in [5.74, 6) is -1.10. The summed E-state index contributed by atoms with van der Waals surface area (Å²) < 4.78 is 37.8. The minimum atomic E-state index is -4.70. The average molecular weight is 353 g/mol. The monoisotopic (exact) mass is 353 g/mol. The van der Waals surface area contributed by atoms with E-state index in [4.69, 9.17) is 5.11 Å². The lowest BCUT2D eigenvalue weighted by Gasteiger charge is -2.08. The number of nitro benzene ring substituents is 1. The molecule has 0 fully saturated rings. The number of hydrazone groups is 1. The van der Waals surface area contributed by atoms with E-state index in [9.17, 15) is 28.1 Å². The van der Waals surface area contributed by atoms with Crippen LogP contribution in [0.3, 0.4) is 0 Å². The molecule has 0 heterocycles. The van der Waals surface area contributed by atoms with Crippen LogP contribution < -0.4 is 5.43 Å². The second-order valence-corrected chi connectivity index (χ2v) is 4.78. The van der Waals surface area contributed by atoms with Crippen LogP contribution in [0.15, 0.2) is 47.6 Å². The predicted octanol–water partition coefficient (Wildman–Crippen LogP) is 3.76. The summed E-state index contributed by atoms with van der Waals surface area (Å²) in [7, 11) is 0. The molecule has 0 aromatic heterocycles. The van der Waals surface area contributed by atoms with Crippen LogP contribution in [-0.2, 0) is 6.18 Å². The van der Waals surface area contributed by atoms with Crippen LogP contribution in [0.4, 0.5) is 24.5 Å². The summed E-state index contributed by atoms with van der Waals surface area (Å²) in [6, 6.07) is 7.61. The first-order valence-corrected chi connectivity index (χ1v) is 6.66. The van der Waals surface area contributed by atoms with Crippen molar-refractivity contribution in [1.29, 1.82) is 0 Å². The van der Waals surface area contributed by atoms with E-state index in [1.165, 1.54) is 30.5 Å². The summed E-state index contributed by atoms with van der Waals surface area (Å²) in [5, 5.41) is 23.4. The molecule has 2 aromatic carbocycles. The minimum absolute atomic E-state index is 0.0727. The van der Waals surface area contributed by atoms with Gasteiger partial charge in [-0.25, -0.2) is 4.79 Å². The van der Waals surface area contributed by atoms with Crippen molar-refractivity contribution in [3.63, 3.8) is 0 Å². The number of nitrogens with one attached hydrogen (secondary N) is 1. The molecule has 0 saturated carbocycles. The Hall–Kier alpha value is -3.43. The topological polar surface area (TPSA) is 105 Å². The van der Waals surface area contributed by atoms with Gasteiger partial charge in [0.1, 0.15) is 5.69 Å². The van der Waals surface area contributed by atoms with E-state index >= 15 is 0 Å². The van der Waals surface area contributed by atoms with Crippen molar-refractivity contribution in [2.75, 3.05) is 5.43 Å². The van der Waals surface area contributed by atoms with E-state index in [0.29, 0.717) is 17.7 Å². The number of nitro groups is 1. The van der Waals surface area contributed by atoms with Crippen LogP contribution in [0, 0.1) is 10.1 Å². The van der Waals surface area contributed by atoms with Gasteiger partial charge in [0.05, 0.1) is 22.3 Å². The molecule has 2 aromatic rings. The molecule has 2 N–H and O–H groups in total. The lowest BCUT2D eigenvalue weighted by Crippen LogP contribution is -2.06. The number of rotatable bonds is 5. The Balaban J connectivity index is 2.19. The van der Waals surface area contributed by atoms with E-state index in [0.717, 1.165) is 6.07 Å². The number of carboxylic acids is 1. The second-order valence-electron chi connectivity index (χ2n) is 4.78. The fourth-order valence-corrected chi connectivity index (χ4v) is 1.84. The average Bonchev–Trinajstić information content (AvgIpc) is 2.54. The molecule has 25 heavy (non-hydrogen) atoms. The molecular formula is C15H10F3N3O4. The number of alkyl halides is 3. The van der Waals surface area contributed by atoms with Gasteiger partial charge in [0.15, 0.2) is 0 Å². The Kier molecular flexibility index (Phi) is 5.01. The number of nitrogens with zero attached hydrogens (tertiary/aromatic N) is 2. The van der Waals surface area contributed by atoms with Gasteiger partial charge in [0.25, 0.3) is 5.69 Å². The Morgan fingerprint density at radius 1 is 1.20 bits per heavy atom. The van der Waals surface area contributed by atoms with Gasteiger partial charge < -0.3 is 5.11 Å². The highest BCUT2D eigenvalue weighted by atomic mass is 19.4. The molecule has 0 bridgehead atoms. The second kappa shape index (κ2) is 6.99. The number of carbonyl (C=O) groups is 1. The number of benzene rings is 2. The SMILES string of the molecule is O=C(O)c1ccc(C=NNc2ccc(C(F)(F)F)cc2[N+](=O)[O-])cc1. The normalized spacial score (nSPS) is 11.5. The van der Waals surface area contributed by atoms with Gasteiger partial charge >= 0.3 is 12.1 Å². The Labute approximate surface area is 138 Å². The number of aromatic carboxylic acids is 1. The first kappa shape index (κ1) is 17.9. The maximum Gasteiger partial charge on any atom is 0.416 e. The molecule has 0 spiro atoms. The van der Waals surface area contributed by atoms with E-state index in [-0.39, 0.29) is 11.3 Å². The number of hydrogen-bond acceptors (Lipinski definition) is 5. The van der Waals surface area contributed by atoms with Crippen LogP contribution in [-0.4, -0.2) is 22.2 Å². The van der Waals surface area contributed by atoms with Crippen molar-refractivity contribution in [1.82, 2.24) is 0 Å². The van der Waals surface area contributed by atoms with E-state index < -0.39 is 28.3 Å². The number of anilines is 1. The van der Waals surface area contributed by atoms with Gasteiger partial charge in [-0.2, -0.15) is 18.3 Å². The Morgan fingerprint density at radius 3 is 2.36 bits per heavy atom. The molecule has 0 atom stereocenters. The van der Waals surface area contributed by atoms with Crippen LogP contribution >= 0.6 is 0 Å². The lowest BCUT2D eigenvalue weighted by molar-refractivity contribution is -0.384. The van der Waals surface area contributed by atoms with Gasteiger partial charge in [0, 0.05) is 6.07 Å². The van der Waals surface area contributed by atoms with Gasteiger partial charge in [-0.05, 0) is 29.8 Å². The Bertz CT molecular complexity index is 833. The molecule has 10 heteroatoms. The highest BCUT2D eigenvalue weighted by Gasteiger charge is 2.33. The molecule has 130 valence electrons. The summed E-state index contributed by atoms with van der Waals surface area (Å²) in [6.07, 6.45) is -3.45. The summed E-state index contributed by atoms with van der Waals surface area (Å²) in [4.78, 5) is 20.7. The molecule has 0 saturated heterocycles. The fraction of sp³-hybridized carbons (Fsp3) is 0.0667. The third-order valence-electron chi connectivity index (χ3n) is 3.08. The Morgan fingerprint density at radius 2 is 1.84 bits per heavy atom. The zero-order valence-corrected chi connectivity index (χ0v) is 12.3. The van der Waals surface area contributed by atoms with Crippen molar-refractivity contribution >= 4 is 23.6 Å². The van der Waals surface area contributed by atoms with Crippen molar-refractivity contribution < 1.29 is 28.0 Å². The number of hydrogen-bond donors (Lipinski definition) is 2. The number of carboxylic acid groups (broad SMARTS) is 1. The van der Waals surface area contributed by atoms with Crippen molar-refractivity contribution in [3.05, 3.63) is 69.3 Å². The van der Waals surface area contributed by atoms with E-state index in [2.05, 4.69) is 10.5 Å². The molecule has 7 nitrogen and oxygen atoms in total. The van der Waals surface area contributed by atoms with Crippen LogP contribution in [0.25, 0.3) is 0 Å². The van der Waals surface area contributed by atoms with Gasteiger partial charge in [-0.3, -0.25) is 15.5 Å². The van der Waals surface area contributed by atoms with Crippen LogP contribution in [0.1, 0.15) is 21.5 Å². The first-order chi connectivity index (χ1) is 11.7. The van der Waals surface area contributed by atoms with Crippen molar-refractivity contribution in [2.24, 2.45) is 5.10 Å². The highest BCUT2D eigenvalue weighted by molar-refractivity contribution is 5.89. The quantitative estimate of drug-likeness (QED) is 0.484. The number of halogens is 3. The lowest BCUT2D eigenvalue weighted by atomic mass is 10.1. The molecular weight excluding hydrogens is 343 g/mol.